The number of hydrogen-bond donors (Lipinski definition) is 3. The molecule has 1 aromatic heterocycles. The summed E-state index contributed by atoms with van der Waals surface area (Å²) in [6, 6.07) is 26.6. The molecule has 0 saturated heterocycles. The van der Waals surface area contributed by atoms with Crippen LogP contribution in [0.4, 0.5) is 17.5 Å². The summed E-state index contributed by atoms with van der Waals surface area (Å²) in [5.41, 5.74) is 1.87. The van der Waals surface area contributed by atoms with Gasteiger partial charge < -0.3 is 10.6 Å². The first kappa shape index (κ1) is 24.2. The molecule has 1 heterocycles. The number of para-hydroxylation sites is 2. The number of rotatable bonds is 9. The van der Waals surface area contributed by atoms with E-state index in [2.05, 4.69) is 15.4 Å². The van der Waals surface area contributed by atoms with E-state index in [1.165, 1.54) is 0 Å². The highest BCUT2D eigenvalue weighted by molar-refractivity contribution is 7.89. The van der Waals surface area contributed by atoms with Crippen molar-refractivity contribution in [2.24, 2.45) is 11.8 Å². The van der Waals surface area contributed by atoms with Crippen molar-refractivity contribution in [1.82, 2.24) is 14.7 Å². The summed E-state index contributed by atoms with van der Waals surface area (Å²) in [7, 11) is -3.45. The van der Waals surface area contributed by atoms with E-state index in [0.717, 1.165) is 54.6 Å². The van der Waals surface area contributed by atoms with Crippen molar-refractivity contribution in [3.05, 3.63) is 84.9 Å². The van der Waals surface area contributed by atoms with Crippen molar-refractivity contribution in [2.75, 3.05) is 23.7 Å². The van der Waals surface area contributed by atoms with Crippen LogP contribution in [0.1, 0.15) is 25.7 Å². The monoisotopic (exact) mass is 501 g/mol. The van der Waals surface area contributed by atoms with Crippen LogP contribution in [0, 0.1) is 11.8 Å². The Hall–Kier alpha value is -3.49. The first-order valence-corrected chi connectivity index (χ1v) is 13.9. The number of aromatic nitrogens is 2. The second kappa shape index (κ2) is 11.1. The van der Waals surface area contributed by atoms with Crippen LogP contribution >= 0.6 is 0 Å². The van der Waals surface area contributed by atoms with Gasteiger partial charge in [0.1, 0.15) is 5.82 Å². The molecule has 1 saturated carbocycles. The van der Waals surface area contributed by atoms with Gasteiger partial charge in [0.05, 0.1) is 10.4 Å². The summed E-state index contributed by atoms with van der Waals surface area (Å²) in [5, 5.41) is 7.85. The van der Waals surface area contributed by atoms with E-state index in [4.69, 9.17) is 9.97 Å². The number of fused-ring (bicyclic) bond motifs is 1. The molecule has 8 heteroatoms. The molecule has 1 fully saturated rings. The van der Waals surface area contributed by atoms with Gasteiger partial charge in [0.15, 0.2) is 0 Å². The molecule has 1 aliphatic rings. The summed E-state index contributed by atoms with van der Waals surface area (Å²) >= 11 is 0. The second-order valence-electron chi connectivity index (χ2n) is 9.34. The fourth-order valence-corrected chi connectivity index (χ4v) is 5.83. The summed E-state index contributed by atoms with van der Waals surface area (Å²) in [6.07, 6.45) is 4.10. The molecular weight excluding hydrogens is 470 g/mol. The van der Waals surface area contributed by atoms with Crippen LogP contribution in [0.25, 0.3) is 10.9 Å². The Kier molecular flexibility index (Phi) is 7.44. The largest absolute Gasteiger partial charge is 0.354 e. The SMILES string of the molecule is O=S(=O)(NCC1CCC(CNc2nc(Nc3ccccc3)c3ccccc3n2)CC1)c1ccccc1. The van der Waals surface area contributed by atoms with Crippen LogP contribution < -0.4 is 15.4 Å². The van der Waals surface area contributed by atoms with Crippen LogP contribution in [0.15, 0.2) is 89.8 Å². The van der Waals surface area contributed by atoms with Gasteiger partial charge in [-0.3, -0.25) is 0 Å². The minimum absolute atomic E-state index is 0.319. The predicted octanol–water partition coefficient (Wildman–Crippen LogP) is 5.57. The normalized spacial score (nSPS) is 18.1. The third kappa shape index (κ3) is 6.01. The lowest BCUT2D eigenvalue weighted by Gasteiger charge is -2.28. The van der Waals surface area contributed by atoms with E-state index in [-0.39, 0.29) is 0 Å². The predicted molar refractivity (Wildman–Crippen MR) is 145 cm³/mol. The van der Waals surface area contributed by atoms with E-state index in [1.54, 1.807) is 24.3 Å². The van der Waals surface area contributed by atoms with Crippen molar-refractivity contribution in [1.29, 1.82) is 0 Å². The molecule has 0 bridgehead atoms. The minimum Gasteiger partial charge on any atom is -0.354 e. The van der Waals surface area contributed by atoms with Crippen molar-refractivity contribution in [2.45, 2.75) is 30.6 Å². The van der Waals surface area contributed by atoms with E-state index in [0.29, 0.717) is 29.2 Å². The van der Waals surface area contributed by atoms with Gasteiger partial charge >= 0.3 is 0 Å². The van der Waals surface area contributed by atoms with Gasteiger partial charge in [0.25, 0.3) is 0 Å². The zero-order valence-corrected chi connectivity index (χ0v) is 20.9. The number of hydrogen-bond acceptors (Lipinski definition) is 6. The van der Waals surface area contributed by atoms with Crippen LogP contribution in [0.3, 0.4) is 0 Å². The van der Waals surface area contributed by atoms with Crippen molar-refractivity contribution >= 4 is 38.4 Å². The summed E-state index contributed by atoms with van der Waals surface area (Å²) in [6.45, 7) is 1.28. The average molecular weight is 502 g/mol. The molecule has 0 aliphatic heterocycles. The Bertz CT molecular complexity index is 1390. The topological polar surface area (TPSA) is 96.0 Å². The maximum atomic E-state index is 12.5. The molecule has 36 heavy (non-hydrogen) atoms. The first-order chi connectivity index (χ1) is 17.6. The van der Waals surface area contributed by atoms with Gasteiger partial charge in [-0.1, -0.05) is 48.5 Å². The molecule has 1 aliphatic carbocycles. The molecule has 0 amide bonds. The summed E-state index contributed by atoms with van der Waals surface area (Å²) in [5.74, 6) is 2.26. The lowest BCUT2D eigenvalue weighted by atomic mass is 9.82. The smallest absolute Gasteiger partial charge is 0.240 e. The van der Waals surface area contributed by atoms with E-state index < -0.39 is 10.0 Å². The number of nitrogens with zero attached hydrogens (tertiary/aromatic N) is 2. The Morgan fingerprint density at radius 3 is 2.06 bits per heavy atom. The Labute approximate surface area is 212 Å². The molecule has 3 aromatic carbocycles. The van der Waals surface area contributed by atoms with Crippen LogP contribution in [0.5, 0.6) is 0 Å². The number of benzene rings is 3. The highest BCUT2D eigenvalue weighted by atomic mass is 32.2. The van der Waals surface area contributed by atoms with Crippen LogP contribution in [0.2, 0.25) is 0 Å². The van der Waals surface area contributed by atoms with Crippen LogP contribution in [-0.4, -0.2) is 31.5 Å². The molecule has 0 atom stereocenters. The quantitative estimate of drug-likeness (QED) is 0.277. The molecule has 0 radical (unpaired) electrons. The fourth-order valence-electron chi connectivity index (χ4n) is 4.70. The number of nitrogens with one attached hydrogen (secondary N) is 3. The lowest BCUT2D eigenvalue weighted by molar-refractivity contribution is 0.284. The van der Waals surface area contributed by atoms with Gasteiger partial charge in [-0.25, -0.2) is 18.1 Å². The third-order valence-corrected chi connectivity index (χ3v) is 8.21. The Morgan fingerprint density at radius 2 is 1.33 bits per heavy atom. The second-order valence-corrected chi connectivity index (χ2v) is 11.1. The standard InChI is InChI=1S/C28H31N5O2S/c34-36(35,24-11-5-2-6-12-24)30-20-22-17-15-21(16-18-22)19-29-28-32-26-14-8-7-13-25(26)27(33-28)31-23-9-3-1-4-10-23/h1-14,21-22,30H,15-20H2,(H2,29,31,32,33). The number of sulfonamides is 1. The number of anilines is 3. The highest BCUT2D eigenvalue weighted by Gasteiger charge is 2.23. The maximum absolute atomic E-state index is 12.5. The van der Waals surface area contributed by atoms with Gasteiger partial charge in [-0.05, 0) is 73.9 Å². The van der Waals surface area contributed by atoms with Gasteiger partial charge in [0, 0.05) is 24.2 Å². The molecule has 0 spiro atoms. The van der Waals surface area contributed by atoms with E-state index in [9.17, 15) is 8.42 Å². The van der Waals surface area contributed by atoms with Crippen molar-refractivity contribution in [3.63, 3.8) is 0 Å². The molecular formula is C28H31N5O2S. The van der Waals surface area contributed by atoms with Gasteiger partial charge in [-0.15, -0.1) is 0 Å². The molecule has 186 valence electrons. The lowest BCUT2D eigenvalue weighted by Crippen LogP contribution is -2.32. The molecule has 3 N–H and O–H groups in total. The van der Waals surface area contributed by atoms with Gasteiger partial charge in [-0.2, -0.15) is 4.98 Å². The average Bonchev–Trinajstić information content (AvgIpc) is 2.92. The Balaban J connectivity index is 1.16. The van der Waals surface area contributed by atoms with Crippen molar-refractivity contribution < 1.29 is 8.42 Å². The molecule has 7 nitrogen and oxygen atoms in total. The maximum Gasteiger partial charge on any atom is 0.240 e. The molecule has 5 rings (SSSR count). The minimum atomic E-state index is -3.45. The first-order valence-electron chi connectivity index (χ1n) is 12.4. The zero-order chi connectivity index (χ0) is 24.8. The van der Waals surface area contributed by atoms with E-state index in [1.807, 2.05) is 60.7 Å². The molecule has 4 aromatic rings. The van der Waals surface area contributed by atoms with Crippen molar-refractivity contribution in [3.8, 4) is 0 Å². The Morgan fingerprint density at radius 1 is 0.722 bits per heavy atom. The van der Waals surface area contributed by atoms with Gasteiger partial charge in [0.2, 0.25) is 16.0 Å². The highest BCUT2D eigenvalue weighted by Crippen LogP contribution is 2.30. The summed E-state index contributed by atoms with van der Waals surface area (Å²) in [4.78, 5) is 9.81. The third-order valence-electron chi connectivity index (χ3n) is 6.77. The zero-order valence-electron chi connectivity index (χ0n) is 20.1. The molecule has 0 unspecified atom stereocenters. The fraction of sp³-hybridized carbons (Fsp3) is 0.286. The van der Waals surface area contributed by atoms with E-state index >= 15 is 0 Å². The van der Waals surface area contributed by atoms with Crippen LogP contribution in [-0.2, 0) is 10.0 Å². The summed E-state index contributed by atoms with van der Waals surface area (Å²) < 4.78 is 27.8.